The molecule has 0 radical (unpaired) electrons. The van der Waals surface area contributed by atoms with Crippen LogP contribution in [-0.4, -0.2) is 29.3 Å². The van der Waals surface area contributed by atoms with Gasteiger partial charge in [-0.15, -0.1) is 0 Å². The largest absolute Gasteiger partial charge is 0.351 e. The summed E-state index contributed by atoms with van der Waals surface area (Å²) in [5, 5.41) is 3.43. The fourth-order valence-corrected chi connectivity index (χ4v) is 4.74. The van der Waals surface area contributed by atoms with E-state index in [0.717, 1.165) is 0 Å². The van der Waals surface area contributed by atoms with Crippen LogP contribution >= 0.6 is 11.6 Å². The summed E-state index contributed by atoms with van der Waals surface area (Å²) in [7, 11) is -3.96. The van der Waals surface area contributed by atoms with Gasteiger partial charge < -0.3 is 15.3 Å². The van der Waals surface area contributed by atoms with Gasteiger partial charge in [0.25, 0.3) is 5.91 Å². The van der Waals surface area contributed by atoms with Crippen LogP contribution in [0.15, 0.2) is 70.8 Å². The minimum atomic E-state index is -3.96. The number of carbonyl (C=O) groups is 1. The summed E-state index contributed by atoms with van der Waals surface area (Å²) in [5.74, 6) is -0.551. The number of hydrogen-bond acceptors (Lipinski definition) is 4. The lowest BCUT2D eigenvalue weighted by Gasteiger charge is -2.08. The highest BCUT2D eigenvalue weighted by atomic mass is 35.5. The van der Waals surface area contributed by atoms with Crippen molar-refractivity contribution in [3.63, 3.8) is 0 Å². The SMILES string of the molecule is O=C(NCc1c[nH]cn1)c1[nH]c2ccc(Cl)cc2c1S(=O)(=O)c1ccccc1. The van der Waals surface area contributed by atoms with E-state index < -0.39 is 15.7 Å². The molecule has 0 aliphatic carbocycles. The van der Waals surface area contributed by atoms with Crippen molar-refractivity contribution in [2.75, 3.05) is 0 Å². The number of nitrogens with one attached hydrogen (secondary N) is 3. The summed E-state index contributed by atoms with van der Waals surface area (Å²) in [4.78, 5) is 22.6. The van der Waals surface area contributed by atoms with Gasteiger partial charge in [-0.3, -0.25) is 4.79 Å². The van der Waals surface area contributed by atoms with Gasteiger partial charge in [-0.1, -0.05) is 29.8 Å². The highest BCUT2D eigenvalue weighted by molar-refractivity contribution is 7.91. The third kappa shape index (κ3) is 3.28. The molecule has 0 saturated heterocycles. The van der Waals surface area contributed by atoms with E-state index >= 15 is 0 Å². The van der Waals surface area contributed by atoms with Gasteiger partial charge in [0, 0.05) is 22.1 Å². The van der Waals surface area contributed by atoms with Gasteiger partial charge in [-0.05, 0) is 30.3 Å². The number of hydrogen-bond donors (Lipinski definition) is 3. The van der Waals surface area contributed by atoms with Gasteiger partial charge in [0.1, 0.15) is 10.6 Å². The standard InChI is InChI=1S/C19H15ClN4O3S/c20-12-6-7-16-15(8-12)18(28(26,27)14-4-2-1-3-5-14)17(24-16)19(25)22-10-13-9-21-11-23-13/h1-9,11,24H,10H2,(H,21,23)(H,22,25). The number of aromatic nitrogens is 3. The van der Waals surface area contributed by atoms with E-state index in [1.54, 1.807) is 36.5 Å². The zero-order chi connectivity index (χ0) is 19.7. The van der Waals surface area contributed by atoms with Crippen LogP contribution in [0.4, 0.5) is 0 Å². The Morgan fingerprint density at radius 2 is 1.93 bits per heavy atom. The molecule has 9 heteroatoms. The van der Waals surface area contributed by atoms with Crippen LogP contribution in [-0.2, 0) is 16.4 Å². The summed E-state index contributed by atoms with van der Waals surface area (Å²) in [6.07, 6.45) is 3.14. The Morgan fingerprint density at radius 3 is 2.64 bits per heavy atom. The second-order valence-electron chi connectivity index (χ2n) is 6.08. The van der Waals surface area contributed by atoms with Crippen LogP contribution < -0.4 is 5.32 Å². The summed E-state index contributed by atoms with van der Waals surface area (Å²) >= 11 is 6.08. The number of amides is 1. The van der Waals surface area contributed by atoms with Gasteiger partial charge in [-0.2, -0.15) is 0 Å². The first-order valence-electron chi connectivity index (χ1n) is 8.34. The molecule has 4 aromatic rings. The van der Waals surface area contributed by atoms with Gasteiger partial charge in [0.2, 0.25) is 9.84 Å². The van der Waals surface area contributed by atoms with E-state index in [4.69, 9.17) is 11.6 Å². The molecule has 0 bridgehead atoms. The molecule has 0 atom stereocenters. The summed E-state index contributed by atoms with van der Waals surface area (Å²) in [6.45, 7) is 0.156. The predicted octanol–water partition coefficient (Wildman–Crippen LogP) is 3.31. The Morgan fingerprint density at radius 1 is 1.14 bits per heavy atom. The lowest BCUT2D eigenvalue weighted by molar-refractivity contribution is 0.0943. The Balaban J connectivity index is 1.84. The molecule has 2 aromatic heterocycles. The van der Waals surface area contributed by atoms with Gasteiger partial charge >= 0.3 is 0 Å². The maximum absolute atomic E-state index is 13.3. The maximum Gasteiger partial charge on any atom is 0.269 e. The maximum atomic E-state index is 13.3. The normalized spacial score (nSPS) is 11.6. The number of sulfone groups is 1. The number of nitrogens with zero attached hydrogens (tertiary/aromatic N) is 1. The first kappa shape index (κ1) is 18.3. The first-order chi connectivity index (χ1) is 13.5. The Labute approximate surface area is 165 Å². The quantitative estimate of drug-likeness (QED) is 0.465. The van der Waals surface area contributed by atoms with Gasteiger partial charge in [0.05, 0.1) is 23.5 Å². The Bertz CT molecular complexity index is 1250. The molecule has 142 valence electrons. The van der Waals surface area contributed by atoms with Crippen molar-refractivity contribution >= 4 is 38.2 Å². The average Bonchev–Trinajstić information content (AvgIpc) is 3.34. The second-order valence-corrected chi connectivity index (χ2v) is 8.40. The molecule has 28 heavy (non-hydrogen) atoms. The smallest absolute Gasteiger partial charge is 0.269 e. The van der Waals surface area contributed by atoms with Crippen molar-refractivity contribution in [1.29, 1.82) is 0 Å². The van der Waals surface area contributed by atoms with E-state index in [9.17, 15) is 13.2 Å². The van der Waals surface area contributed by atoms with Crippen molar-refractivity contribution in [3.05, 3.63) is 77.5 Å². The predicted molar refractivity (Wildman–Crippen MR) is 105 cm³/mol. The number of benzene rings is 2. The number of H-pyrrole nitrogens is 2. The highest BCUT2D eigenvalue weighted by Crippen LogP contribution is 2.33. The Hall–Kier alpha value is -3.10. The fourth-order valence-electron chi connectivity index (χ4n) is 2.94. The van der Waals surface area contributed by atoms with Gasteiger partial charge in [0.15, 0.2) is 0 Å². The molecule has 2 heterocycles. The monoisotopic (exact) mass is 414 g/mol. The molecule has 0 saturated carbocycles. The average molecular weight is 415 g/mol. The molecule has 2 aromatic carbocycles. The number of rotatable bonds is 5. The van der Waals surface area contributed by atoms with Crippen LogP contribution in [0.5, 0.6) is 0 Å². The number of imidazole rings is 1. The van der Waals surface area contributed by atoms with E-state index in [-0.39, 0.29) is 22.0 Å². The number of carbonyl (C=O) groups excluding carboxylic acids is 1. The van der Waals surface area contributed by atoms with E-state index in [2.05, 4.69) is 20.3 Å². The molecule has 0 aliphatic rings. The third-order valence-corrected chi connectivity index (χ3v) is 6.34. The van der Waals surface area contributed by atoms with Gasteiger partial charge in [-0.25, -0.2) is 13.4 Å². The van der Waals surface area contributed by atoms with Crippen molar-refractivity contribution < 1.29 is 13.2 Å². The minimum Gasteiger partial charge on any atom is -0.351 e. The molecule has 1 amide bonds. The molecule has 0 spiro atoms. The minimum absolute atomic E-state index is 0.0448. The van der Waals surface area contributed by atoms with Crippen LogP contribution in [0.3, 0.4) is 0 Å². The molecular weight excluding hydrogens is 400 g/mol. The lowest BCUT2D eigenvalue weighted by atomic mass is 10.2. The number of fused-ring (bicyclic) bond motifs is 1. The van der Waals surface area contributed by atoms with E-state index in [1.807, 2.05) is 0 Å². The topological polar surface area (TPSA) is 108 Å². The van der Waals surface area contributed by atoms with Crippen LogP contribution in [0, 0.1) is 0 Å². The van der Waals surface area contributed by atoms with Crippen molar-refractivity contribution in [2.45, 2.75) is 16.3 Å². The molecule has 4 rings (SSSR count). The first-order valence-corrected chi connectivity index (χ1v) is 10.2. The molecular formula is C19H15ClN4O3S. The second kappa shape index (κ2) is 7.14. The fraction of sp³-hybridized carbons (Fsp3) is 0.0526. The van der Waals surface area contributed by atoms with Crippen LogP contribution in [0.25, 0.3) is 10.9 Å². The summed E-state index contributed by atoms with van der Waals surface area (Å²) in [6, 6.07) is 12.8. The molecule has 7 nitrogen and oxygen atoms in total. The molecule has 0 aliphatic heterocycles. The molecule has 0 fully saturated rings. The van der Waals surface area contributed by atoms with E-state index in [0.29, 0.717) is 21.6 Å². The number of aromatic amines is 2. The van der Waals surface area contributed by atoms with Crippen molar-refractivity contribution in [1.82, 2.24) is 20.3 Å². The van der Waals surface area contributed by atoms with Crippen LogP contribution in [0.1, 0.15) is 16.2 Å². The van der Waals surface area contributed by atoms with Crippen molar-refractivity contribution in [3.8, 4) is 0 Å². The Kier molecular flexibility index (Phi) is 4.66. The molecule has 0 unspecified atom stereocenters. The zero-order valence-electron chi connectivity index (χ0n) is 14.4. The number of halogens is 1. The third-order valence-electron chi connectivity index (χ3n) is 4.25. The molecule has 3 N–H and O–H groups in total. The van der Waals surface area contributed by atoms with Crippen molar-refractivity contribution in [2.24, 2.45) is 0 Å². The summed E-state index contributed by atoms with van der Waals surface area (Å²) in [5.41, 5.74) is 1.08. The van der Waals surface area contributed by atoms with E-state index in [1.165, 1.54) is 24.5 Å². The zero-order valence-corrected chi connectivity index (χ0v) is 16.0. The summed E-state index contributed by atoms with van der Waals surface area (Å²) < 4.78 is 26.6. The van der Waals surface area contributed by atoms with Crippen LogP contribution in [0.2, 0.25) is 5.02 Å². The lowest BCUT2D eigenvalue weighted by Crippen LogP contribution is -2.25. The highest BCUT2D eigenvalue weighted by Gasteiger charge is 2.29.